The molecule has 0 aromatic carbocycles. The van der Waals surface area contributed by atoms with Crippen LogP contribution in [0.3, 0.4) is 0 Å². The number of nitrogens with zero attached hydrogens (tertiary/aromatic N) is 3. The topological polar surface area (TPSA) is 64.4 Å². The van der Waals surface area contributed by atoms with Gasteiger partial charge in [-0.2, -0.15) is 0 Å². The summed E-state index contributed by atoms with van der Waals surface area (Å²) in [6.45, 7) is 2.82. The maximum absolute atomic E-state index is 11.5. The van der Waals surface area contributed by atoms with Gasteiger partial charge in [0, 0.05) is 38.3 Å². The normalized spacial score (nSPS) is 22.3. The molecule has 2 aromatic rings. The minimum absolute atomic E-state index is 0.0289. The highest BCUT2D eigenvalue weighted by atomic mass is 35.5. The van der Waals surface area contributed by atoms with Gasteiger partial charge in [-0.15, -0.1) is 0 Å². The molecule has 0 spiro atoms. The van der Waals surface area contributed by atoms with Crippen molar-refractivity contribution in [2.75, 3.05) is 31.7 Å². The van der Waals surface area contributed by atoms with Gasteiger partial charge in [-0.05, 0) is 30.5 Å². The first-order valence-electron chi connectivity index (χ1n) is 8.57. The number of likely N-dealkylation sites (tertiary alicyclic amines) is 1. The third-order valence-electron chi connectivity index (χ3n) is 5.29. The third-order valence-corrected chi connectivity index (χ3v) is 7.27. The van der Waals surface area contributed by atoms with Crippen molar-refractivity contribution in [1.82, 2.24) is 14.5 Å². The summed E-state index contributed by atoms with van der Waals surface area (Å²) >= 11 is 6.26. The van der Waals surface area contributed by atoms with Crippen molar-refractivity contribution in [3.05, 3.63) is 29.0 Å². The minimum Gasteiger partial charge on any atom is -0.381 e. The molecule has 6 nitrogen and oxygen atoms in total. The number of piperidine rings is 1. The quantitative estimate of drug-likeness (QED) is 0.758. The summed E-state index contributed by atoms with van der Waals surface area (Å²) in [7, 11) is -1.10. The Morgan fingerprint density at radius 1 is 1.32 bits per heavy atom. The van der Waals surface area contributed by atoms with E-state index in [1.54, 1.807) is 7.11 Å². The fourth-order valence-corrected chi connectivity index (χ4v) is 5.44. The molecule has 2 fully saturated rings. The lowest BCUT2D eigenvalue weighted by molar-refractivity contribution is 0.0390. The Balaban J connectivity index is 1.58. The molecule has 4 rings (SSSR count). The lowest BCUT2D eigenvalue weighted by atomic mass is 10.1. The zero-order valence-corrected chi connectivity index (χ0v) is 15.8. The molecular formula is C17H22ClN3O3S. The third kappa shape index (κ3) is 3.43. The number of ether oxygens (including phenoxy) is 1. The van der Waals surface area contributed by atoms with Crippen molar-refractivity contribution in [2.24, 2.45) is 0 Å². The lowest BCUT2D eigenvalue weighted by Gasteiger charge is -2.31. The fraction of sp³-hybridized carbons (Fsp3) is 0.588. The molecule has 25 heavy (non-hydrogen) atoms. The molecule has 0 atom stereocenters. The van der Waals surface area contributed by atoms with Gasteiger partial charge in [-0.1, -0.05) is 11.6 Å². The van der Waals surface area contributed by atoms with E-state index in [1.807, 2.05) is 22.9 Å². The van der Waals surface area contributed by atoms with Crippen molar-refractivity contribution in [3.8, 4) is 0 Å². The van der Waals surface area contributed by atoms with Crippen LogP contribution in [0.2, 0.25) is 5.15 Å². The summed E-state index contributed by atoms with van der Waals surface area (Å²) in [4.78, 5) is 6.87. The van der Waals surface area contributed by atoms with E-state index in [9.17, 15) is 8.42 Å². The molecule has 2 aliphatic heterocycles. The van der Waals surface area contributed by atoms with Crippen LogP contribution in [0.5, 0.6) is 0 Å². The summed E-state index contributed by atoms with van der Waals surface area (Å²) in [5.41, 5.74) is 1.93. The molecular weight excluding hydrogens is 362 g/mol. The summed E-state index contributed by atoms with van der Waals surface area (Å²) < 4.78 is 30.4. The molecule has 2 aromatic heterocycles. The van der Waals surface area contributed by atoms with Crippen molar-refractivity contribution >= 4 is 32.5 Å². The van der Waals surface area contributed by atoms with Crippen LogP contribution in [0, 0.1) is 0 Å². The molecule has 2 aliphatic rings. The Bertz CT molecular complexity index is 876. The van der Waals surface area contributed by atoms with Crippen molar-refractivity contribution in [3.63, 3.8) is 0 Å². The first-order chi connectivity index (χ1) is 11.9. The van der Waals surface area contributed by atoms with Crippen LogP contribution in [0.4, 0.5) is 0 Å². The second-order valence-corrected chi connectivity index (χ2v) is 9.55. The van der Waals surface area contributed by atoms with Gasteiger partial charge in [0.15, 0.2) is 9.84 Å². The van der Waals surface area contributed by atoms with Gasteiger partial charge in [0.2, 0.25) is 0 Å². The zero-order valence-electron chi connectivity index (χ0n) is 14.2. The van der Waals surface area contributed by atoms with Gasteiger partial charge in [0.05, 0.1) is 23.7 Å². The number of rotatable bonds is 4. The maximum atomic E-state index is 11.5. The highest BCUT2D eigenvalue weighted by molar-refractivity contribution is 7.92. The summed E-state index contributed by atoms with van der Waals surface area (Å²) in [6.07, 6.45) is 4.38. The largest absolute Gasteiger partial charge is 0.381 e. The average Bonchev–Trinajstić information content (AvgIpc) is 2.96. The summed E-state index contributed by atoms with van der Waals surface area (Å²) in [5, 5.41) is 1.51. The molecule has 8 heteroatoms. The van der Waals surface area contributed by atoms with Crippen LogP contribution >= 0.6 is 11.6 Å². The summed E-state index contributed by atoms with van der Waals surface area (Å²) in [5.74, 6) is 0.371. The predicted molar refractivity (Wildman–Crippen MR) is 97.7 cm³/mol. The molecule has 0 bridgehead atoms. The lowest BCUT2D eigenvalue weighted by Crippen LogP contribution is -2.38. The monoisotopic (exact) mass is 383 g/mol. The predicted octanol–water partition coefficient (Wildman–Crippen LogP) is 2.27. The molecule has 0 amide bonds. The Morgan fingerprint density at radius 3 is 2.68 bits per heavy atom. The van der Waals surface area contributed by atoms with Gasteiger partial charge in [-0.3, -0.25) is 4.90 Å². The molecule has 0 aliphatic carbocycles. The van der Waals surface area contributed by atoms with Crippen LogP contribution in [0.15, 0.2) is 18.3 Å². The number of hydrogen-bond donors (Lipinski definition) is 0. The highest BCUT2D eigenvalue weighted by Gasteiger charge is 2.35. The SMILES string of the molecule is COC1CCN(Cc2cc(Cl)nc3c2ccn3C2CS(=O)(=O)C2)CC1. The van der Waals surface area contributed by atoms with Crippen molar-refractivity contribution in [1.29, 1.82) is 0 Å². The van der Waals surface area contributed by atoms with Crippen LogP contribution < -0.4 is 0 Å². The van der Waals surface area contributed by atoms with E-state index in [0.29, 0.717) is 11.3 Å². The molecule has 2 saturated heterocycles. The Hall–Kier alpha value is -1.15. The van der Waals surface area contributed by atoms with E-state index < -0.39 is 9.84 Å². The molecule has 136 valence electrons. The van der Waals surface area contributed by atoms with E-state index in [2.05, 4.69) is 9.88 Å². The Kier molecular flexibility index (Phi) is 4.52. The van der Waals surface area contributed by atoms with E-state index in [4.69, 9.17) is 16.3 Å². The maximum Gasteiger partial charge on any atom is 0.154 e. The minimum atomic E-state index is -2.88. The first-order valence-corrected chi connectivity index (χ1v) is 10.8. The van der Waals surface area contributed by atoms with Gasteiger partial charge in [0.25, 0.3) is 0 Å². The van der Waals surface area contributed by atoms with Gasteiger partial charge in [0.1, 0.15) is 10.8 Å². The number of methoxy groups -OCH3 is 1. The highest BCUT2D eigenvalue weighted by Crippen LogP contribution is 2.31. The number of pyridine rings is 1. The zero-order chi connectivity index (χ0) is 17.6. The van der Waals surface area contributed by atoms with E-state index in [-0.39, 0.29) is 17.5 Å². The number of sulfone groups is 1. The van der Waals surface area contributed by atoms with Crippen LogP contribution in [-0.2, 0) is 21.1 Å². The van der Waals surface area contributed by atoms with E-state index >= 15 is 0 Å². The van der Waals surface area contributed by atoms with Gasteiger partial charge in [-0.25, -0.2) is 13.4 Å². The number of halogens is 1. The van der Waals surface area contributed by atoms with Crippen molar-refractivity contribution in [2.45, 2.75) is 31.5 Å². The molecule has 0 saturated carbocycles. The molecule has 0 radical (unpaired) electrons. The second kappa shape index (κ2) is 6.54. The van der Waals surface area contributed by atoms with Crippen LogP contribution in [0.1, 0.15) is 24.4 Å². The molecule has 4 heterocycles. The first kappa shape index (κ1) is 17.3. The summed E-state index contributed by atoms with van der Waals surface area (Å²) in [6, 6.07) is 3.92. The van der Waals surface area contributed by atoms with Crippen LogP contribution in [-0.4, -0.2) is 60.7 Å². The van der Waals surface area contributed by atoms with Crippen molar-refractivity contribution < 1.29 is 13.2 Å². The van der Waals surface area contributed by atoms with Gasteiger partial charge >= 0.3 is 0 Å². The van der Waals surface area contributed by atoms with E-state index in [1.165, 1.54) is 0 Å². The fourth-order valence-electron chi connectivity index (χ4n) is 3.83. The Labute approximate surface area is 152 Å². The van der Waals surface area contributed by atoms with E-state index in [0.717, 1.165) is 49.1 Å². The smallest absolute Gasteiger partial charge is 0.154 e. The standard InChI is InChI=1S/C17H22ClN3O3S/c1-24-14-2-5-20(6-3-14)9-12-8-16(18)19-17-15(12)4-7-21(17)13-10-25(22,23)11-13/h4,7-8,13-14H,2-3,5-6,9-11H2,1H3. The number of hydrogen-bond acceptors (Lipinski definition) is 5. The Morgan fingerprint density at radius 2 is 2.04 bits per heavy atom. The molecule has 0 unspecified atom stereocenters. The average molecular weight is 384 g/mol. The number of aromatic nitrogens is 2. The van der Waals surface area contributed by atoms with Gasteiger partial charge < -0.3 is 9.30 Å². The molecule has 0 N–H and O–H groups in total. The number of fused-ring (bicyclic) bond motifs is 1. The second-order valence-electron chi connectivity index (χ2n) is 7.01. The van der Waals surface area contributed by atoms with Crippen LogP contribution in [0.25, 0.3) is 11.0 Å².